The second-order valence-electron chi connectivity index (χ2n) is 5.16. The van der Waals surface area contributed by atoms with Gasteiger partial charge in [0.2, 0.25) is 0 Å². The molecule has 0 aliphatic carbocycles. The largest absolute Gasteiger partial charge is 0.381 e. The van der Waals surface area contributed by atoms with E-state index in [9.17, 15) is 4.39 Å². The Labute approximate surface area is 128 Å². The first-order valence-electron chi connectivity index (χ1n) is 6.85. The topological polar surface area (TPSA) is 30.5 Å². The third-order valence-electron chi connectivity index (χ3n) is 4.17. The molecule has 3 nitrogen and oxygen atoms in total. The van der Waals surface area contributed by atoms with Crippen LogP contribution in [0.5, 0.6) is 0 Å². The lowest BCUT2D eigenvalue weighted by Gasteiger charge is -2.42. The molecule has 5 heteroatoms. The van der Waals surface area contributed by atoms with Gasteiger partial charge < -0.3 is 14.8 Å². The van der Waals surface area contributed by atoms with Gasteiger partial charge in [0.15, 0.2) is 0 Å². The Morgan fingerprint density at radius 3 is 2.70 bits per heavy atom. The summed E-state index contributed by atoms with van der Waals surface area (Å²) in [6, 6.07) is 4.99. The number of halogens is 2. The van der Waals surface area contributed by atoms with Crippen molar-refractivity contribution in [2.75, 3.05) is 27.4 Å². The van der Waals surface area contributed by atoms with Gasteiger partial charge in [-0.2, -0.15) is 0 Å². The zero-order valence-electron chi connectivity index (χ0n) is 11.9. The molecule has 0 amide bonds. The van der Waals surface area contributed by atoms with Crippen LogP contribution in [-0.2, 0) is 15.9 Å². The molecule has 1 atom stereocenters. The van der Waals surface area contributed by atoms with E-state index in [0.29, 0.717) is 0 Å². The smallest absolute Gasteiger partial charge is 0.124 e. The van der Waals surface area contributed by atoms with Crippen LogP contribution in [0, 0.1) is 5.82 Å². The minimum Gasteiger partial charge on any atom is -0.381 e. The van der Waals surface area contributed by atoms with Gasteiger partial charge in [-0.3, -0.25) is 0 Å². The molecule has 0 radical (unpaired) electrons. The fraction of sp³-hybridized carbons (Fsp3) is 0.600. The van der Waals surface area contributed by atoms with Gasteiger partial charge in [0.05, 0.1) is 5.60 Å². The minimum atomic E-state index is -0.228. The van der Waals surface area contributed by atoms with Crippen molar-refractivity contribution in [2.45, 2.75) is 30.9 Å². The van der Waals surface area contributed by atoms with Crippen molar-refractivity contribution in [1.29, 1.82) is 0 Å². The molecule has 1 aromatic rings. The number of methoxy groups -OCH3 is 1. The van der Waals surface area contributed by atoms with Crippen LogP contribution in [0.2, 0.25) is 0 Å². The Morgan fingerprint density at radius 1 is 1.45 bits per heavy atom. The number of rotatable bonds is 5. The maximum Gasteiger partial charge on any atom is 0.124 e. The van der Waals surface area contributed by atoms with Crippen molar-refractivity contribution in [3.63, 3.8) is 0 Å². The molecule has 112 valence electrons. The highest BCUT2D eigenvalue weighted by Crippen LogP contribution is 2.31. The summed E-state index contributed by atoms with van der Waals surface area (Å²) < 4.78 is 25.3. The maximum atomic E-state index is 13.2. The lowest BCUT2D eigenvalue weighted by atomic mass is 9.82. The van der Waals surface area contributed by atoms with Crippen LogP contribution in [0.1, 0.15) is 18.4 Å². The van der Waals surface area contributed by atoms with E-state index in [1.165, 1.54) is 12.1 Å². The van der Waals surface area contributed by atoms with E-state index < -0.39 is 0 Å². The Morgan fingerprint density at radius 2 is 2.15 bits per heavy atom. The first-order chi connectivity index (χ1) is 9.61. The van der Waals surface area contributed by atoms with Gasteiger partial charge >= 0.3 is 0 Å². The van der Waals surface area contributed by atoms with E-state index in [-0.39, 0.29) is 17.5 Å². The molecule has 1 aromatic carbocycles. The number of benzene rings is 1. The number of likely N-dealkylation sites (N-methyl/N-ethyl adjacent to an activating group) is 1. The Kier molecular flexibility index (Phi) is 5.55. The van der Waals surface area contributed by atoms with Crippen LogP contribution in [-0.4, -0.2) is 39.0 Å². The van der Waals surface area contributed by atoms with Gasteiger partial charge in [-0.25, -0.2) is 4.39 Å². The quantitative estimate of drug-likeness (QED) is 0.889. The summed E-state index contributed by atoms with van der Waals surface area (Å²) in [6.07, 6.45) is 2.52. The van der Waals surface area contributed by atoms with E-state index in [2.05, 4.69) is 21.2 Å². The fourth-order valence-electron chi connectivity index (χ4n) is 2.87. The van der Waals surface area contributed by atoms with E-state index >= 15 is 0 Å². The van der Waals surface area contributed by atoms with Gasteiger partial charge in [-0.05, 0) is 31.2 Å². The highest BCUT2D eigenvalue weighted by molar-refractivity contribution is 9.10. The first-order valence-corrected chi connectivity index (χ1v) is 7.64. The number of ether oxygens (including phenoxy) is 2. The average Bonchev–Trinajstić information content (AvgIpc) is 2.47. The summed E-state index contributed by atoms with van der Waals surface area (Å²) in [5, 5.41) is 3.36. The second kappa shape index (κ2) is 6.98. The number of nitrogens with one attached hydrogen (secondary N) is 1. The standard InChI is InChI=1S/C15H21BrFNO2/c1-18-14(15(19-2)5-7-20-8-6-15)9-11-3-4-12(17)10-13(11)16/h3-4,10,14,18H,5-9H2,1-2H3. The van der Waals surface area contributed by atoms with Gasteiger partial charge in [-0.15, -0.1) is 0 Å². The van der Waals surface area contributed by atoms with Crippen molar-refractivity contribution < 1.29 is 13.9 Å². The van der Waals surface area contributed by atoms with Crippen LogP contribution in [0.25, 0.3) is 0 Å². The molecule has 0 saturated carbocycles. The second-order valence-corrected chi connectivity index (χ2v) is 6.02. The molecular formula is C15H21BrFNO2. The molecule has 1 unspecified atom stereocenters. The summed E-state index contributed by atoms with van der Waals surface area (Å²) >= 11 is 3.44. The summed E-state index contributed by atoms with van der Waals surface area (Å²) in [4.78, 5) is 0. The van der Waals surface area contributed by atoms with Crippen molar-refractivity contribution in [2.24, 2.45) is 0 Å². The Hall–Kier alpha value is -0.490. The number of hydrogen-bond acceptors (Lipinski definition) is 3. The lowest BCUT2D eigenvalue weighted by Crippen LogP contribution is -2.55. The van der Waals surface area contributed by atoms with Crippen molar-refractivity contribution in [3.8, 4) is 0 Å². The van der Waals surface area contributed by atoms with E-state index in [1.807, 2.05) is 13.1 Å². The van der Waals surface area contributed by atoms with E-state index in [0.717, 1.165) is 42.5 Å². The Balaban J connectivity index is 2.18. The molecule has 1 heterocycles. The summed E-state index contributed by atoms with van der Waals surface area (Å²) in [5.41, 5.74) is 0.856. The molecular weight excluding hydrogens is 325 g/mol. The third kappa shape index (κ3) is 3.39. The maximum absolute atomic E-state index is 13.2. The molecule has 0 aromatic heterocycles. The van der Waals surface area contributed by atoms with E-state index in [1.54, 1.807) is 7.11 Å². The van der Waals surface area contributed by atoms with Crippen molar-refractivity contribution >= 4 is 15.9 Å². The molecule has 1 fully saturated rings. The first kappa shape index (κ1) is 15.9. The van der Waals surface area contributed by atoms with Crippen LogP contribution in [0.4, 0.5) is 4.39 Å². The minimum absolute atomic E-state index is 0.165. The molecule has 1 aliphatic heterocycles. The average molecular weight is 346 g/mol. The van der Waals surface area contributed by atoms with Gasteiger partial charge in [0, 0.05) is 43.7 Å². The molecule has 0 spiro atoms. The van der Waals surface area contributed by atoms with Crippen LogP contribution >= 0.6 is 15.9 Å². The zero-order valence-corrected chi connectivity index (χ0v) is 13.5. The molecule has 2 rings (SSSR count). The van der Waals surface area contributed by atoms with Gasteiger partial charge in [0.25, 0.3) is 0 Å². The van der Waals surface area contributed by atoms with E-state index in [4.69, 9.17) is 9.47 Å². The highest BCUT2D eigenvalue weighted by atomic mass is 79.9. The van der Waals surface area contributed by atoms with Gasteiger partial charge in [0.1, 0.15) is 5.82 Å². The van der Waals surface area contributed by atoms with Crippen molar-refractivity contribution in [3.05, 3.63) is 34.1 Å². The molecule has 0 bridgehead atoms. The lowest BCUT2D eigenvalue weighted by molar-refractivity contribution is -0.109. The van der Waals surface area contributed by atoms with Crippen LogP contribution < -0.4 is 5.32 Å². The normalized spacial score (nSPS) is 19.8. The molecule has 1 saturated heterocycles. The number of hydrogen-bond donors (Lipinski definition) is 1. The SMILES string of the molecule is CNC(Cc1ccc(F)cc1Br)C1(OC)CCOCC1. The molecule has 20 heavy (non-hydrogen) atoms. The summed E-state index contributed by atoms with van der Waals surface area (Å²) in [6.45, 7) is 1.44. The predicted molar refractivity (Wildman–Crippen MR) is 80.4 cm³/mol. The molecule has 1 aliphatic rings. The van der Waals surface area contributed by atoms with Crippen LogP contribution in [0.3, 0.4) is 0 Å². The highest BCUT2D eigenvalue weighted by Gasteiger charge is 2.40. The van der Waals surface area contributed by atoms with Crippen molar-refractivity contribution in [1.82, 2.24) is 5.32 Å². The predicted octanol–water partition coefficient (Wildman–Crippen LogP) is 2.91. The fourth-order valence-corrected chi connectivity index (χ4v) is 3.38. The van der Waals surface area contributed by atoms with Gasteiger partial charge in [-0.1, -0.05) is 22.0 Å². The molecule has 1 N–H and O–H groups in total. The Bertz CT molecular complexity index is 449. The third-order valence-corrected chi connectivity index (χ3v) is 4.91. The summed E-state index contributed by atoms with van der Waals surface area (Å²) in [7, 11) is 3.70. The summed E-state index contributed by atoms with van der Waals surface area (Å²) in [5.74, 6) is -0.228. The zero-order chi connectivity index (χ0) is 14.6. The monoisotopic (exact) mass is 345 g/mol. The van der Waals surface area contributed by atoms with Crippen LogP contribution in [0.15, 0.2) is 22.7 Å².